The van der Waals surface area contributed by atoms with Crippen LogP contribution in [0.15, 0.2) is 24.3 Å². The van der Waals surface area contributed by atoms with E-state index in [-0.39, 0.29) is 11.8 Å². The maximum atomic E-state index is 12.2. The summed E-state index contributed by atoms with van der Waals surface area (Å²) in [4.78, 5) is 12.2. The van der Waals surface area contributed by atoms with Gasteiger partial charge in [0, 0.05) is 25.6 Å². The molecule has 0 atom stereocenters. The van der Waals surface area contributed by atoms with Gasteiger partial charge in [0.25, 0.3) is 0 Å². The number of sulfonamides is 1. The average Bonchev–Trinajstić information content (AvgIpc) is 2.54. The van der Waals surface area contributed by atoms with Crippen LogP contribution >= 0.6 is 0 Å². The van der Waals surface area contributed by atoms with Crippen LogP contribution in [0.1, 0.15) is 43.2 Å². The summed E-state index contributed by atoms with van der Waals surface area (Å²) < 4.78 is 25.4. The molecule has 24 heavy (non-hydrogen) atoms. The molecule has 5 nitrogen and oxygen atoms in total. The fourth-order valence-corrected chi connectivity index (χ4v) is 4.00. The number of carbonyl (C=O) groups is 1. The van der Waals surface area contributed by atoms with Crippen LogP contribution in [0.3, 0.4) is 0 Å². The van der Waals surface area contributed by atoms with E-state index in [9.17, 15) is 13.2 Å². The smallest absolute Gasteiger partial charge is 0.223 e. The highest BCUT2D eigenvalue weighted by molar-refractivity contribution is 7.88. The number of carbonyl (C=O) groups excluding carboxylic acids is 1. The van der Waals surface area contributed by atoms with Crippen LogP contribution in [-0.2, 0) is 21.4 Å². The molecule has 2 rings (SSSR count). The van der Waals surface area contributed by atoms with Crippen molar-refractivity contribution in [2.24, 2.45) is 5.92 Å². The van der Waals surface area contributed by atoms with Crippen molar-refractivity contribution >= 4 is 15.9 Å². The Morgan fingerprint density at radius 3 is 2.58 bits per heavy atom. The molecule has 1 aromatic rings. The summed E-state index contributed by atoms with van der Waals surface area (Å²) in [5.74, 6) is 0.168. The molecule has 0 bridgehead atoms. The van der Waals surface area contributed by atoms with E-state index >= 15 is 0 Å². The van der Waals surface area contributed by atoms with Crippen molar-refractivity contribution in [3.8, 4) is 0 Å². The topological polar surface area (TPSA) is 66.5 Å². The lowest BCUT2D eigenvalue weighted by atomic mass is 9.89. The number of aryl methyl sites for hydroxylation is 1. The van der Waals surface area contributed by atoms with Crippen molar-refractivity contribution in [2.75, 3.05) is 19.3 Å². The molecule has 1 aliphatic carbocycles. The van der Waals surface area contributed by atoms with Gasteiger partial charge in [-0.25, -0.2) is 8.42 Å². The van der Waals surface area contributed by atoms with Crippen LogP contribution in [0, 0.1) is 12.8 Å². The number of hydrogen-bond acceptors (Lipinski definition) is 3. The summed E-state index contributed by atoms with van der Waals surface area (Å²) in [5, 5.41) is 2.91. The van der Waals surface area contributed by atoms with Gasteiger partial charge < -0.3 is 5.32 Å². The predicted octanol–water partition coefficient (Wildman–Crippen LogP) is 2.45. The molecule has 0 aromatic heterocycles. The highest BCUT2D eigenvalue weighted by Crippen LogP contribution is 2.23. The van der Waals surface area contributed by atoms with Gasteiger partial charge in [-0.05, 0) is 25.3 Å². The van der Waals surface area contributed by atoms with Gasteiger partial charge in [0.05, 0.1) is 6.26 Å². The second-order valence-electron chi connectivity index (χ2n) is 6.71. The monoisotopic (exact) mass is 352 g/mol. The van der Waals surface area contributed by atoms with Crippen LogP contribution in [0.4, 0.5) is 0 Å². The summed E-state index contributed by atoms with van der Waals surface area (Å²) in [7, 11) is -3.32. The first-order chi connectivity index (χ1) is 11.4. The molecular weight excluding hydrogens is 324 g/mol. The van der Waals surface area contributed by atoms with E-state index in [4.69, 9.17) is 0 Å². The molecule has 0 unspecified atom stereocenters. The van der Waals surface area contributed by atoms with E-state index in [1.54, 1.807) is 0 Å². The Kier molecular flexibility index (Phi) is 6.80. The van der Waals surface area contributed by atoms with Crippen LogP contribution in [-0.4, -0.2) is 38.0 Å². The third kappa shape index (κ3) is 5.91. The van der Waals surface area contributed by atoms with Gasteiger partial charge >= 0.3 is 0 Å². The third-order valence-corrected chi connectivity index (χ3v) is 5.80. The zero-order valence-electron chi connectivity index (χ0n) is 14.6. The van der Waals surface area contributed by atoms with Crippen LogP contribution < -0.4 is 5.32 Å². The van der Waals surface area contributed by atoms with E-state index in [2.05, 4.69) is 5.32 Å². The zero-order chi connectivity index (χ0) is 17.6. The van der Waals surface area contributed by atoms with E-state index < -0.39 is 10.0 Å². The number of hydrogen-bond donors (Lipinski definition) is 1. The number of amides is 1. The minimum atomic E-state index is -3.32. The van der Waals surface area contributed by atoms with E-state index in [0.29, 0.717) is 19.6 Å². The van der Waals surface area contributed by atoms with Crippen molar-refractivity contribution in [1.82, 2.24) is 9.62 Å². The predicted molar refractivity (Wildman–Crippen MR) is 96.0 cm³/mol. The lowest BCUT2D eigenvalue weighted by Crippen LogP contribution is -2.40. The first-order valence-corrected chi connectivity index (χ1v) is 10.5. The standard InChI is InChI=1S/C18H28N2O3S/c1-15-7-6-8-16(13-15)14-20(24(2,22)23)12-11-19-18(21)17-9-4-3-5-10-17/h6-8,13,17H,3-5,9-12,14H2,1-2H3,(H,19,21). The van der Waals surface area contributed by atoms with E-state index in [0.717, 1.165) is 36.8 Å². The molecule has 1 aromatic carbocycles. The largest absolute Gasteiger partial charge is 0.355 e. The number of benzene rings is 1. The van der Waals surface area contributed by atoms with Gasteiger partial charge in [0.15, 0.2) is 0 Å². The summed E-state index contributed by atoms with van der Waals surface area (Å²) in [6, 6.07) is 7.82. The minimum absolute atomic E-state index is 0.0682. The SMILES string of the molecule is Cc1cccc(CN(CCNC(=O)C2CCCCC2)S(C)(=O)=O)c1. The maximum Gasteiger partial charge on any atom is 0.223 e. The third-order valence-electron chi connectivity index (χ3n) is 4.55. The van der Waals surface area contributed by atoms with E-state index in [1.807, 2.05) is 31.2 Å². The molecule has 0 spiro atoms. The van der Waals surface area contributed by atoms with Gasteiger partial charge in [-0.1, -0.05) is 49.1 Å². The van der Waals surface area contributed by atoms with Crippen LogP contribution in [0.5, 0.6) is 0 Å². The quantitative estimate of drug-likeness (QED) is 0.820. The van der Waals surface area contributed by atoms with Crippen molar-refractivity contribution < 1.29 is 13.2 Å². The normalized spacial score (nSPS) is 16.3. The Morgan fingerprint density at radius 2 is 1.96 bits per heavy atom. The molecule has 1 saturated carbocycles. The average molecular weight is 353 g/mol. The Morgan fingerprint density at radius 1 is 1.25 bits per heavy atom. The summed E-state index contributed by atoms with van der Waals surface area (Å²) in [6.45, 7) is 2.97. The zero-order valence-corrected chi connectivity index (χ0v) is 15.4. The number of rotatable bonds is 7. The summed E-state index contributed by atoms with van der Waals surface area (Å²) in [6.07, 6.45) is 6.55. The summed E-state index contributed by atoms with van der Waals surface area (Å²) >= 11 is 0. The molecule has 134 valence electrons. The highest BCUT2D eigenvalue weighted by atomic mass is 32.2. The lowest BCUT2D eigenvalue weighted by Gasteiger charge is -2.23. The van der Waals surface area contributed by atoms with Crippen molar-refractivity contribution in [3.63, 3.8) is 0 Å². The molecule has 1 N–H and O–H groups in total. The van der Waals surface area contributed by atoms with Gasteiger partial charge in [0.1, 0.15) is 0 Å². The Balaban J connectivity index is 1.88. The summed E-state index contributed by atoms with van der Waals surface area (Å²) in [5.41, 5.74) is 2.06. The number of nitrogens with zero attached hydrogens (tertiary/aromatic N) is 1. The van der Waals surface area contributed by atoms with Crippen molar-refractivity contribution in [1.29, 1.82) is 0 Å². The minimum Gasteiger partial charge on any atom is -0.355 e. The first-order valence-electron chi connectivity index (χ1n) is 8.64. The molecule has 0 heterocycles. The van der Waals surface area contributed by atoms with Gasteiger partial charge in [-0.2, -0.15) is 4.31 Å². The highest BCUT2D eigenvalue weighted by Gasteiger charge is 2.22. The molecule has 1 amide bonds. The first kappa shape index (κ1) is 18.9. The second kappa shape index (κ2) is 8.62. The molecule has 1 aliphatic rings. The van der Waals surface area contributed by atoms with E-state index in [1.165, 1.54) is 17.0 Å². The Labute approximate surface area is 145 Å². The van der Waals surface area contributed by atoms with Gasteiger partial charge in [0.2, 0.25) is 15.9 Å². The molecule has 0 saturated heterocycles. The maximum absolute atomic E-state index is 12.2. The fraction of sp³-hybridized carbons (Fsp3) is 0.611. The van der Waals surface area contributed by atoms with Gasteiger partial charge in [-0.15, -0.1) is 0 Å². The van der Waals surface area contributed by atoms with Gasteiger partial charge in [-0.3, -0.25) is 4.79 Å². The fourth-order valence-electron chi connectivity index (χ4n) is 3.19. The molecule has 0 aliphatic heterocycles. The number of nitrogens with one attached hydrogen (secondary N) is 1. The Bertz CT molecular complexity index is 652. The van der Waals surface area contributed by atoms with Crippen LogP contribution in [0.25, 0.3) is 0 Å². The van der Waals surface area contributed by atoms with Crippen LogP contribution in [0.2, 0.25) is 0 Å². The van der Waals surface area contributed by atoms with Crippen molar-refractivity contribution in [3.05, 3.63) is 35.4 Å². The molecule has 1 fully saturated rings. The Hall–Kier alpha value is -1.40. The second-order valence-corrected chi connectivity index (χ2v) is 8.69. The molecule has 0 radical (unpaired) electrons. The molecule has 6 heteroatoms. The lowest BCUT2D eigenvalue weighted by molar-refractivity contribution is -0.125. The van der Waals surface area contributed by atoms with Crippen molar-refractivity contribution in [2.45, 2.75) is 45.6 Å². The molecular formula is C18H28N2O3S.